The van der Waals surface area contributed by atoms with Gasteiger partial charge in [0.2, 0.25) is 0 Å². The molecule has 0 unspecified atom stereocenters. The Labute approximate surface area is 177 Å². The van der Waals surface area contributed by atoms with E-state index in [1.165, 1.54) is 0 Å². The first kappa shape index (κ1) is 22.1. The van der Waals surface area contributed by atoms with Crippen LogP contribution in [0, 0.1) is 11.3 Å². The number of ether oxygens (including phenoxy) is 2. The largest absolute Gasteiger partial charge is 0.436 e. The van der Waals surface area contributed by atoms with Gasteiger partial charge in [-0.15, -0.1) is 0 Å². The summed E-state index contributed by atoms with van der Waals surface area (Å²) in [5, 5.41) is 12.6. The molecule has 0 spiro atoms. The maximum atomic E-state index is 13.1. The number of hydrogen-bond donors (Lipinski definition) is 1. The summed E-state index contributed by atoms with van der Waals surface area (Å²) in [5.41, 5.74) is 0.145. The van der Waals surface area contributed by atoms with E-state index in [2.05, 4.69) is 16.3 Å². The normalized spacial score (nSPS) is 20.1. The maximum absolute atomic E-state index is 13.1. The number of piperidine rings is 1. The van der Waals surface area contributed by atoms with Gasteiger partial charge in [-0.2, -0.15) is 5.26 Å². The second kappa shape index (κ2) is 10.4. The fourth-order valence-corrected chi connectivity index (χ4v) is 3.71. The van der Waals surface area contributed by atoms with E-state index in [4.69, 9.17) is 9.47 Å². The number of nitriles is 1. The summed E-state index contributed by atoms with van der Waals surface area (Å²) in [6, 6.07) is 12.1. The number of hydrogen-bond acceptors (Lipinski definition) is 6. The Bertz CT molecular complexity index is 750. The van der Waals surface area contributed by atoms with Crippen LogP contribution in [0.3, 0.4) is 0 Å². The van der Waals surface area contributed by atoms with Crippen LogP contribution < -0.4 is 5.32 Å². The molecule has 2 aliphatic rings. The first-order valence-electron chi connectivity index (χ1n) is 10.5. The Hall–Kier alpha value is -2.63. The van der Waals surface area contributed by atoms with Crippen molar-refractivity contribution in [3.63, 3.8) is 0 Å². The number of aryl methyl sites for hydroxylation is 1. The minimum absolute atomic E-state index is 0.355. The molecule has 30 heavy (non-hydrogen) atoms. The molecule has 1 N–H and O–H groups in total. The zero-order valence-electron chi connectivity index (χ0n) is 17.5. The molecule has 1 aromatic rings. The molecule has 1 atom stereocenters. The maximum Gasteiger partial charge on any atom is 0.410 e. The van der Waals surface area contributed by atoms with Crippen molar-refractivity contribution in [1.82, 2.24) is 15.1 Å². The highest BCUT2D eigenvalue weighted by Gasteiger charge is 2.38. The number of rotatable bonds is 6. The molecule has 2 saturated heterocycles. The number of nitrogens with zero attached hydrogens (tertiary/aromatic N) is 3. The SMILES string of the molecule is CN1CCC(C#N)(NC(=O)[C@H](CCc2ccccc2)OC(=O)N2CCOCC2)CC1. The Morgan fingerprint density at radius 1 is 1.20 bits per heavy atom. The quantitative estimate of drug-likeness (QED) is 0.759. The lowest BCUT2D eigenvalue weighted by Gasteiger charge is -2.37. The predicted molar refractivity (Wildman–Crippen MR) is 111 cm³/mol. The number of carbonyl (C=O) groups is 2. The van der Waals surface area contributed by atoms with Crippen LogP contribution >= 0.6 is 0 Å². The molecule has 0 saturated carbocycles. The third kappa shape index (κ3) is 5.94. The molecule has 2 amide bonds. The zero-order valence-corrected chi connectivity index (χ0v) is 17.5. The molecule has 0 aromatic heterocycles. The Kier molecular flexibility index (Phi) is 7.66. The summed E-state index contributed by atoms with van der Waals surface area (Å²) in [5.74, 6) is -0.404. The van der Waals surface area contributed by atoms with Crippen molar-refractivity contribution < 1.29 is 19.1 Å². The van der Waals surface area contributed by atoms with Gasteiger partial charge in [-0.25, -0.2) is 4.79 Å². The van der Waals surface area contributed by atoms with Gasteiger partial charge in [0.1, 0.15) is 5.54 Å². The van der Waals surface area contributed by atoms with Crippen LogP contribution in [0.4, 0.5) is 4.79 Å². The first-order chi connectivity index (χ1) is 14.5. The summed E-state index contributed by atoms with van der Waals surface area (Å²) < 4.78 is 10.9. The van der Waals surface area contributed by atoms with Gasteiger partial charge < -0.3 is 24.6 Å². The molecule has 0 bridgehead atoms. The highest BCUT2D eigenvalue weighted by molar-refractivity contribution is 5.84. The van der Waals surface area contributed by atoms with E-state index in [1.54, 1.807) is 4.90 Å². The molecule has 0 radical (unpaired) electrons. The van der Waals surface area contributed by atoms with Gasteiger partial charge in [-0.3, -0.25) is 4.79 Å². The topological polar surface area (TPSA) is 94.9 Å². The van der Waals surface area contributed by atoms with Crippen LogP contribution in [0.1, 0.15) is 24.8 Å². The number of amides is 2. The Morgan fingerprint density at radius 2 is 1.87 bits per heavy atom. The smallest absolute Gasteiger partial charge is 0.410 e. The highest BCUT2D eigenvalue weighted by atomic mass is 16.6. The zero-order chi connectivity index (χ0) is 21.4. The second-order valence-electron chi connectivity index (χ2n) is 7.98. The van der Waals surface area contributed by atoms with Crippen molar-refractivity contribution >= 4 is 12.0 Å². The van der Waals surface area contributed by atoms with E-state index in [1.807, 2.05) is 37.4 Å². The van der Waals surface area contributed by atoms with Gasteiger partial charge >= 0.3 is 6.09 Å². The van der Waals surface area contributed by atoms with Crippen molar-refractivity contribution in [3.05, 3.63) is 35.9 Å². The minimum atomic E-state index is -0.953. The van der Waals surface area contributed by atoms with E-state index in [-0.39, 0.29) is 0 Å². The van der Waals surface area contributed by atoms with Crippen molar-refractivity contribution in [1.29, 1.82) is 5.26 Å². The number of morpholine rings is 1. The van der Waals surface area contributed by atoms with Crippen LogP contribution in [-0.4, -0.2) is 79.9 Å². The second-order valence-corrected chi connectivity index (χ2v) is 7.98. The van der Waals surface area contributed by atoms with E-state index in [9.17, 15) is 14.9 Å². The van der Waals surface area contributed by atoms with Crippen LogP contribution in [0.5, 0.6) is 0 Å². The molecule has 8 nitrogen and oxygen atoms in total. The Morgan fingerprint density at radius 3 is 2.50 bits per heavy atom. The van der Waals surface area contributed by atoms with E-state index < -0.39 is 23.6 Å². The molecular formula is C22H30N4O4. The van der Waals surface area contributed by atoms with Crippen molar-refractivity contribution in [2.75, 3.05) is 46.4 Å². The van der Waals surface area contributed by atoms with Gasteiger partial charge in [-0.1, -0.05) is 30.3 Å². The summed E-state index contributed by atoms with van der Waals surface area (Å²) in [4.78, 5) is 29.4. The van der Waals surface area contributed by atoms with Crippen LogP contribution in [0.15, 0.2) is 30.3 Å². The lowest BCUT2D eigenvalue weighted by molar-refractivity contribution is -0.132. The van der Waals surface area contributed by atoms with E-state index in [0.29, 0.717) is 52.0 Å². The van der Waals surface area contributed by atoms with Crippen molar-refractivity contribution in [3.8, 4) is 6.07 Å². The molecule has 2 fully saturated rings. The van der Waals surface area contributed by atoms with Gasteiger partial charge in [0, 0.05) is 26.2 Å². The number of likely N-dealkylation sites (tertiary alicyclic amines) is 1. The number of carbonyl (C=O) groups excluding carboxylic acids is 2. The molecular weight excluding hydrogens is 384 g/mol. The molecule has 162 valence electrons. The van der Waals surface area contributed by atoms with Gasteiger partial charge in [0.05, 0.1) is 19.3 Å². The summed E-state index contributed by atoms with van der Waals surface area (Å²) in [6.45, 7) is 3.27. The van der Waals surface area contributed by atoms with Gasteiger partial charge in [0.15, 0.2) is 6.10 Å². The lowest BCUT2D eigenvalue weighted by Crippen LogP contribution is -2.57. The lowest BCUT2D eigenvalue weighted by atomic mass is 9.88. The average Bonchev–Trinajstić information content (AvgIpc) is 2.79. The fourth-order valence-electron chi connectivity index (χ4n) is 3.71. The number of benzene rings is 1. The third-order valence-electron chi connectivity index (χ3n) is 5.76. The van der Waals surface area contributed by atoms with E-state index >= 15 is 0 Å². The predicted octanol–water partition coefficient (Wildman–Crippen LogP) is 1.56. The molecule has 3 rings (SSSR count). The average molecular weight is 415 g/mol. The summed E-state index contributed by atoms with van der Waals surface area (Å²) in [6.07, 6.45) is 0.583. The molecule has 2 heterocycles. The van der Waals surface area contributed by atoms with Crippen LogP contribution in [0.25, 0.3) is 0 Å². The van der Waals surface area contributed by atoms with Gasteiger partial charge in [-0.05, 0) is 38.3 Å². The monoisotopic (exact) mass is 414 g/mol. The molecule has 2 aliphatic heterocycles. The number of nitrogens with one attached hydrogen (secondary N) is 1. The molecule has 8 heteroatoms. The molecule has 0 aliphatic carbocycles. The standard InChI is InChI=1S/C22H30N4O4/c1-25-11-9-22(17-23,10-12-25)24-20(27)19(8-7-18-5-3-2-4-6-18)30-21(28)26-13-15-29-16-14-26/h2-6,19H,7-16H2,1H3,(H,24,27)/t19-/m0/s1. The minimum Gasteiger partial charge on any atom is -0.436 e. The fraction of sp³-hybridized carbons (Fsp3) is 0.591. The van der Waals surface area contributed by atoms with Gasteiger partial charge in [0.25, 0.3) is 5.91 Å². The molecule has 1 aromatic carbocycles. The van der Waals surface area contributed by atoms with Crippen LogP contribution in [-0.2, 0) is 20.7 Å². The first-order valence-corrected chi connectivity index (χ1v) is 10.5. The summed E-state index contributed by atoms with van der Waals surface area (Å²) >= 11 is 0. The van der Waals surface area contributed by atoms with Crippen LogP contribution in [0.2, 0.25) is 0 Å². The van der Waals surface area contributed by atoms with Crippen molar-refractivity contribution in [2.45, 2.75) is 37.3 Å². The summed E-state index contributed by atoms with van der Waals surface area (Å²) in [7, 11) is 2.00. The third-order valence-corrected chi connectivity index (χ3v) is 5.76. The van der Waals surface area contributed by atoms with Crippen molar-refractivity contribution in [2.24, 2.45) is 0 Å². The Balaban J connectivity index is 1.67. The van der Waals surface area contributed by atoms with E-state index in [0.717, 1.165) is 18.7 Å². The highest BCUT2D eigenvalue weighted by Crippen LogP contribution is 2.22.